The van der Waals surface area contributed by atoms with E-state index in [2.05, 4.69) is 44.8 Å². The van der Waals surface area contributed by atoms with E-state index in [0.717, 1.165) is 10.0 Å². The number of rotatable bonds is 3. The number of halogens is 1. The lowest BCUT2D eigenvalue weighted by Crippen LogP contribution is -2.16. The van der Waals surface area contributed by atoms with Crippen LogP contribution in [0, 0.1) is 0 Å². The number of fused-ring (bicyclic) bond motifs is 1. The minimum Gasteiger partial charge on any atom is -0.472 e. The van der Waals surface area contributed by atoms with Gasteiger partial charge in [-0.3, -0.25) is 0 Å². The Labute approximate surface area is 118 Å². The number of hydrogen-bond acceptors (Lipinski definition) is 3. The fourth-order valence-electron chi connectivity index (χ4n) is 2.21. The van der Waals surface area contributed by atoms with Gasteiger partial charge in [0, 0.05) is 14.7 Å². The van der Waals surface area contributed by atoms with Crippen molar-refractivity contribution in [2.24, 2.45) is 0 Å². The molecule has 0 fully saturated rings. The van der Waals surface area contributed by atoms with Gasteiger partial charge in [-0.25, -0.2) is 0 Å². The minimum atomic E-state index is 0.173. The average molecular weight is 322 g/mol. The smallest absolute Gasteiger partial charge is 0.0953 e. The highest BCUT2D eigenvalue weighted by Crippen LogP contribution is 2.37. The maximum Gasteiger partial charge on any atom is 0.0953 e. The lowest BCUT2D eigenvalue weighted by atomic mass is 10.0. The van der Waals surface area contributed by atoms with Gasteiger partial charge < -0.3 is 9.73 Å². The molecular weight excluding hydrogens is 310 g/mol. The van der Waals surface area contributed by atoms with Crippen molar-refractivity contribution in [1.82, 2.24) is 5.32 Å². The monoisotopic (exact) mass is 321 g/mol. The van der Waals surface area contributed by atoms with Gasteiger partial charge in [-0.05, 0) is 51.4 Å². The molecule has 1 N–H and O–H groups in total. The fraction of sp³-hybridized carbons (Fsp3) is 0.143. The van der Waals surface area contributed by atoms with Gasteiger partial charge in [0.1, 0.15) is 0 Å². The molecule has 2 heterocycles. The summed E-state index contributed by atoms with van der Waals surface area (Å²) in [5.74, 6) is 0. The summed E-state index contributed by atoms with van der Waals surface area (Å²) in [5, 5.41) is 6.85. The van der Waals surface area contributed by atoms with Crippen LogP contribution in [0.3, 0.4) is 0 Å². The van der Waals surface area contributed by atoms with Gasteiger partial charge in [0.05, 0.1) is 18.6 Å². The van der Waals surface area contributed by atoms with Gasteiger partial charge in [-0.1, -0.05) is 12.1 Å². The Morgan fingerprint density at radius 2 is 2.22 bits per heavy atom. The minimum absolute atomic E-state index is 0.173. The number of thiophene rings is 1. The predicted octanol–water partition coefficient (Wildman–Crippen LogP) is 4.57. The average Bonchev–Trinajstić information content (AvgIpc) is 3.01. The largest absolute Gasteiger partial charge is 0.472 e. The first kappa shape index (κ1) is 12.0. The van der Waals surface area contributed by atoms with Crippen molar-refractivity contribution in [2.75, 3.05) is 7.05 Å². The first-order valence-electron chi connectivity index (χ1n) is 5.66. The van der Waals surface area contributed by atoms with Crippen molar-refractivity contribution < 1.29 is 4.42 Å². The zero-order valence-electron chi connectivity index (χ0n) is 9.81. The molecule has 0 radical (unpaired) electrons. The number of nitrogens with one attached hydrogen (secondary N) is 1. The van der Waals surface area contributed by atoms with Gasteiger partial charge in [-0.15, -0.1) is 11.3 Å². The summed E-state index contributed by atoms with van der Waals surface area (Å²) in [5.41, 5.74) is 2.44. The third-order valence-electron chi connectivity index (χ3n) is 3.06. The van der Waals surface area contributed by atoms with E-state index >= 15 is 0 Å². The van der Waals surface area contributed by atoms with Crippen LogP contribution >= 0.6 is 27.3 Å². The molecule has 0 aliphatic carbocycles. The molecule has 1 atom stereocenters. The quantitative estimate of drug-likeness (QED) is 0.764. The molecule has 0 aliphatic rings. The van der Waals surface area contributed by atoms with Gasteiger partial charge >= 0.3 is 0 Å². The van der Waals surface area contributed by atoms with Crippen LogP contribution in [0.5, 0.6) is 0 Å². The van der Waals surface area contributed by atoms with Crippen molar-refractivity contribution in [3.63, 3.8) is 0 Å². The Balaban J connectivity index is 2.16. The first-order chi connectivity index (χ1) is 8.81. The highest BCUT2D eigenvalue weighted by Gasteiger charge is 2.17. The van der Waals surface area contributed by atoms with Crippen molar-refractivity contribution in [1.29, 1.82) is 0 Å². The molecule has 18 heavy (non-hydrogen) atoms. The SMILES string of the molecule is CNC(c1ccoc1)c1csc2c(Br)cccc12. The van der Waals surface area contributed by atoms with E-state index < -0.39 is 0 Å². The summed E-state index contributed by atoms with van der Waals surface area (Å²) in [6.45, 7) is 0. The van der Waals surface area contributed by atoms with Crippen molar-refractivity contribution >= 4 is 37.4 Å². The second-order valence-electron chi connectivity index (χ2n) is 4.09. The number of furan rings is 1. The van der Waals surface area contributed by atoms with E-state index in [4.69, 9.17) is 4.42 Å². The Bertz CT molecular complexity index is 660. The maximum atomic E-state index is 5.19. The van der Waals surface area contributed by atoms with E-state index in [0.29, 0.717) is 0 Å². The highest BCUT2D eigenvalue weighted by molar-refractivity contribution is 9.10. The zero-order valence-corrected chi connectivity index (χ0v) is 12.2. The van der Waals surface area contributed by atoms with Gasteiger partial charge in [0.2, 0.25) is 0 Å². The summed E-state index contributed by atoms with van der Waals surface area (Å²) in [4.78, 5) is 0. The van der Waals surface area contributed by atoms with E-state index in [-0.39, 0.29) is 6.04 Å². The third-order valence-corrected chi connectivity index (χ3v) is 5.03. The van der Waals surface area contributed by atoms with Crippen LogP contribution in [-0.4, -0.2) is 7.05 Å². The summed E-state index contributed by atoms with van der Waals surface area (Å²) >= 11 is 5.37. The standard InChI is InChI=1S/C14H12BrNOS/c1-16-13(9-5-6-17-7-9)11-8-18-14-10(11)3-2-4-12(14)15/h2-8,13,16H,1H3. The second-order valence-corrected chi connectivity index (χ2v) is 5.82. The van der Waals surface area contributed by atoms with Crippen LogP contribution in [0.1, 0.15) is 17.2 Å². The Kier molecular flexibility index (Phi) is 3.24. The molecule has 1 unspecified atom stereocenters. The van der Waals surface area contributed by atoms with Crippen LogP contribution < -0.4 is 5.32 Å². The Hall–Kier alpha value is -1.10. The normalized spacial score (nSPS) is 13.0. The zero-order chi connectivity index (χ0) is 12.5. The van der Waals surface area contributed by atoms with Crippen molar-refractivity contribution in [3.05, 3.63) is 57.8 Å². The molecule has 3 rings (SSSR count). The molecule has 0 bridgehead atoms. The van der Waals surface area contributed by atoms with E-state index in [1.165, 1.54) is 15.6 Å². The molecule has 0 amide bonds. The van der Waals surface area contributed by atoms with Gasteiger partial charge in [0.25, 0.3) is 0 Å². The van der Waals surface area contributed by atoms with Gasteiger partial charge in [0.15, 0.2) is 0 Å². The van der Waals surface area contributed by atoms with Crippen LogP contribution in [0.4, 0.5) is 0 Å². The van der Waals surface area contributed by atoms with Crippen LogP contribution in [0.25, 0.3) is 10.1 Å². The molecule has 0 aliphatic heterocycles. The van der Waals surface area contributed by atoms with E-state index in [9.17, 15) is 0 Å². The summed E-state index contributed by atoms with van der Waals surface area (Å²) in [6, 6.07) is 8.49. The van der Waals surface area contributed by atoms with Crippen LogP contribution in [-0.2, 0) is 0 Å². The lowest BCUT2D eigenvalue weighted by molar-refractivity contribution is 0.558. The molecular formula is C14H12BrNOS. The molecule has 2 aromatic heterocycles. The fourth-order valence-corrected chi connectivity index (χ4v) is 3.85. The van der Waals surface area contributed by atoms with E-state index in [1.54, 1.807) is 23.9 Å². The van der Waals surface area contributed by atoms with Crippen molar-refractivity contribution in [3.8, 4) is 0 Å². The molecule has 4 heteroatoms. The molecule has 0 spiro atoms. The topological polar surface area (TPSA) is 25.2 Å². The predicted molar refractivity (Wildman–Crippen MR) is 79.1 cm³/mol. The summed E-state index contributed by atoms with van der Waals surface area (Å²) in [7, 11) is 1.97. The molecule has 3 aromatic rings. The first-order valence-corrected chi connectivity index (χ1v) is 7.33. The molecule has 1 aromatic carbocycles. The van der Waals surface area contributed by atoms with E-state index in [1.807, 2.05) is 13.1 Å². The number of benzene rings is 1. The highest BCUT2D eigenvalue weighted by atomic mass is 79.9. The molecule has 0 saturated heterocycles. The molecule has 2 nitrogen and oxygen atoms in total. The molecule has 0 saturated carbocycles. The van der Waals surface area contributed by atoms with Crippen LogP contribution in [0.15, 0.2) is 51.1 Å². The van der Waals surface area contributed by atoms with Crippen molar-refractivity contribution in [2.45, 2.75) is 6.04 Å². The lowest BCUT2D eigenvalue weighted by Gasteiger charge is -2.13. The summed E-state index contributed by atoms with van der Waals surface area (Å²) < 4.78 is 7.62. The Morgan fingerprint density at radius 3 is 2.94 bits per heavy atom. The Morgan fingerprint density at radius 1 is 1.33 bits per heavy atom. The third kappa shape index (κ3) is 1.90. The maximum absolute atomic E-state index is 5.19. The second kappa shape index (κ2) is 4.88. The van der Waals surface area contributed by atoms with Gasteiger partial charge in [-0.2, -0.15) is 0 Å². The summed E-state index contributed by atoms with van der Waals surface area (Å²) in [6.07, 6.45) is 3.51. The van der Waals surface area contributed by atoms with Crippen LogP contribution in [0.2, 0.25) is 0 Å². The molecule has 92 valence electrons. The number of hydrogen-bond donors (Lipinski definition) is 1.